The quantitative estimate of drug-likeness (QED) is 0.754. The molecule has 0 saturated heterocycles. The molecule has 24 heavy (non-hydrogen) atoms. The lowest BCUT2D eigenvalue weighted by atomic mass is 10.2. The average Bonchev–Trinajstić information content (AvgIpc) is 2.60. The highest BCUT2D eigenvalue weighted by Crippen LogP contribution is 2.25. The van der Waals surface area contributed by atoms with Crippen LogP contribution in [-0.2, 0) is 0 Å². The van der Waals surface area contributed by atoms with Crippen LogP contribution in [0.5, 0.6) is 5.88 Å². The minimum Gasteiger partial charge on any atom is -0.476 e. The SMILES string of the molecule is CCCOc1nc(Nc2cc3cccc(Cl)c3cn2)cnc1C#N. The second-order valence-electron chi connectivity index (χ2n) is 5.02. The molecule has 0 aliphatic heterocycles. The molecule has 0 amide bonds. The summed E-state index contributed by atoms with van der Waals surface area (Å²) in [7, 11) is 0. The predicted octanol–water partition coefficient (Wildman–Crippen LogP) is 4.08. The maximum atomic E-state index is 9.06. The van der Waals surface area contributed by atoms with Crippen LogP contribution in [0.1, 0.15) is 19.0 Å². The summed E-state index contributed by atoms with van der Waals surface area (Å²) in [6.45, 7) is 2.45. The molecule has 2 heterocycles. The van der Waals surface area contributed by atoms with Crippen LogP contribution in [0, 0.1) is 11.3 Å². The molecule has 0 aliphatic carbocycles. The number of rotatable bonds is 5. The Morgan fingerprint density at radius 1 is 1.25 bits per heavy atom. The van der Waals surface area contributed by atoms with Gasteiger partial charge in [-0.05, 0) is 23.9 Å². The number of hydrogen-bond acceptors (Lipinski definition) is 6. The average molecular weight is 340 g/mol. The van der Waals surface area contributed by atoms with Gasteiger partial charge in [-0.3, -0.25) is 0 Å². The van der Waals surface area contributed by atoms with Crippen molar-refractivity contribution in [3.63, 3.8) is 0 Å². The molecule has 0 atom stereocenters. The molecule has 0 saturated carbocycles. The van der Waals surface area contributed by atoms with E-state index in [1.807, 2.05) is 37.3 Å². The number of pyridine rings is 1. The molecule has 0 unspecified atom stereocenters. The summed E-state index contributed by atoms with van der Waals surface area (Å²) in [5.41, 5.74) is 0.159. The predicted molar refractivity (Wildman–Crippen MR) is 92.6 cm³/mol. The van der Waals surface area contributed by atoms with E-state index in [9.17, 15) is 0 Å². The van der Waals surface area contributed by atoms with Gasteiger partial charge in [0.2, 0.25) is 5.69 Å². The number of aromatic nitrogens is 3. The number of halogens is 1. The lowest BCUT2D eigenvalue weighted by Crippen LogP contribution is -2.04. The van der Waals surface area contributed by atoms with Crippen molar-refractivity contribution < 1.29 is 4.74 Å². The monoisotopic (exact) mass is 339 g/mol. The van der Waals surface area contributed by atoms with Gasteiger partial charge in [-0.25, -0.2) is 9.97 Å². The molecule has 0 bridgehead atoms. The van der Waals surface area contributed by atoms with Crippen molar-refractivity contribution in [1.82, 2.24) is 15.0 Å². The Morgan fingerprint density at radius 2 is 2.12 bits per heavy atom. The first-order chi connectivity index (χ1) is 11.7. The van der Waals surface area contributed by atoms with Crippen molar-refractivity contribution in [3.05, 3.63) is 47.4 Å². The molecule has 1 N–H and O–H groups in total. The number of ether oxygens (including phenoxy) is 1. The van der Waals surface area contributed by atoms with E-state index in [1.54, 1.807) is 6.20 Å². The Morgan fingerprint density at radius 3 is 2.92 bits per heavy atom. The number of hydrogen-bond donors (Lipinski definition) is 1. The molecule has 6 nitrogen and oxygen atoms in total. The fourth-order valence-electron chi connectivity index (χ4n) is 2.14. The van der Waals surface area contributed by atoms with Gasteiger partial charge >= 0.3 is 0 Å². The topological polar surface area (TPSA) is 83.7 Å². The van der Waals surface area contributed by atoms with E-state index in [2.05, 4.69) is 20.3 Å². The summed E-state index contributed by atoms with van der Waals surface area (Å²) in [4.78, 5) is 12.7. The van der Waals surface area contributed by atoms with Gasteiger partial charge in [-0.1, -0.05) is 30.7 Å². The van der Waals surface area contributed by atoms with Gasteiger partial charge in [0.25, 0.3) is 5.88 Å². The fraction of sp³-hybridized carbons (Fsp3) is 0.176. The minimum atomic E-state index is 0.159. The van der Waals surface area contributed by atoms with Crippen LogP contribution >= 0.6 is 11.6 Å². The maximum Gasteiger partial charge on any atom is 0.253 e. The molecular weight excluding hydrogens is 326 g/mol. The van der Waals surface area contributed by atoms with Gasteiger partial charge in [0, 0.05) is 16.6 Å². The number of nitriles is 1. The zero-order valence-corrected chi connectivity index (χ0v) is 13.7. The Labute approximate surface area is 144 Å². The largest absolute Gasteiger partial charge is 0.476 e. The van der Waals surface area contributed by atoms with E-state index < -0.39 is 0 Å². The van der Waals surface area contributed by atoms with Crippen LogP contribution in [0.4, 0.5) is 11.6 Å². The smallest absolute Gasteiger partial charge is 0.253 e. The first-order valence-corrected chi connectivity index (χ1v) is 7.80. The maximum absolute atomic E-state index is 9.06. The lowest BCUT2D eigenvalue weighted by Gasteiger charge is -2.09. The minimum absolute atomic E-state index is 0.159. The van der Waals surface area contributed by atoms with Gasteiger partial charge < -0.3 is 10.1 Å². The van der Waals surface area contributed by atoms with Crippen LogP contribution < -0.4 is 10.1 Å². The standard InChI is InChI=1S/C17H14ClN5O/c1-2-6-24-17-14(8-19)20-10-16(23-17)22-15-7-11-4-3-5-13(18)12(11)9-21-15/h3-5,7,9-10H,2,6H2,1H3,(H,21,22,23). The Hall–Kier alpha value is -2.91. The highest BCUT2D eigenvalue weighted by Gasteiger charge is 2.09. The van der Waals surface area contributed by atoms with Crippen LogP contribution in [0.3, 0.4) is 0 Å². The number of benzene rings is 1. The third-order valence-electron chi connectivity index (χ3n) is 3.26. The fourth-order valence-corrected chi connectivity index (χ4v) is 2.37. The van der Waals surface area contributed by atoms with Crippen molar-refractivity contribution in [2.45, 2.75) is 13.3 Å². The highest BCUT2D eigenvalue weighted by molar-refractivity contribution is 6.35. The van der Waals surface area contributed by atoms with E-state index in [0.29, 0.717) is 23.3 Å². The number of nitrogens with zero attached hydrogens (tertiary/aromatic N) is 4. The summed E-state index contributed by atoms with van der Waals surface area (Å²) in [5, 5.41) is 14.6. The summed E-state index contributed by atoms with van der Waals surface area (Å²) < 4.78 is 5.47. The van der Waals surface area contributed by atoms with Crippen molar-refractivity contribution >= 4 is 34.0 Å². The molecule has 7 heteroatoms. The zero-order chi connectivity index (χ0) is 16.9. The van der Waals surface area contributed by atoms with E-state index >= 15 is 0 Å². The van der Waals surface area contributed by atoms with Gasteiger partial charge in [0.15, 0.2) is 5.82 Å². The van der Waals surface area contributed by atoms with Crippen LogP contribution in [0.2, 0.25) is 5.02 Å². The molecule has 1 aromatic carbocycles. The van der Waals surface area contributed by atoms with Crippen LogP contribution in [0.15, 0.2) is 36.7 Å². The number of anilines is 2. The number of nitrogens with one attached hydrogen (secondary N) is 1. The zero-order valence-electron chi connectivity index (χ0n) is 13.0. The van der Waals surface area contributed by atoms with Crippen molar-refractivity contribution in [1.29, 1.82) is 5.26 Å². The normalized spacial score (nSPS) is 10.4. The molecule has 0 fully saturated rings. The van der Waals surface area contributed by atoms with Gasteiger partial charge in [0.1, 0.15) is 11.9 Å². The second-order valence-corrected chi connectivity index (χ2v) is 5.43. The summed E-state index contributed by atoms with van der Waals surface area (Å²) >= 11 is 6.14. The Bertz CT molecular complexity index is 922. The lowest BCUT2D eigenvalue weighted by molar-refractivity contribution is 0.303. The highest BCUT2D eigenvalue weighted by atomic mass is 35.5. The van der Waals surface area contributed by atoms with Gasteiger partial charge in [-0.2, -0.15) is 10.2 Å². The number of fused-ring (bicyclic) bond motifs is 1. The van der Waals surface area contributed by atoms with E-state index in [0.717, 1.165) is 17.2 Å². The third kappa shape index (κ3) is 3.36. The van der Waals surface area contributed by atoms with Crippen molar-refractivity contribution in [2.75, 3.05) is 11.9 Å². The third-order valence-corrected chi connectivity index (χ3v) is 3.59. The van der Waals surface area contributed by atoms with Gasteiger partial charge in [0.05, 0.1) is 12.8 Å². The summed E-state index contributed by atoms with van der Waals surface area (Å²) in [5.74, 6) is 1.27. The Kier molecular flexibility index (Phi) is 4.73. The van der Waals surface area contributed by atoms with E-state index in [-0.39, 0.29) is 11.6 Å². The molecule has 2 aromatic heterocycles. The van der Waals surface area contributed by atoms with E-state index in [1.165, 1.54) is 6.20 Å². The molecule has 0 spiro atoms. The molecule has 0 aliphatic rings. The van der Waals surface area contributed by atoms with Crippen LogP contribution in [-0.4, -0.2) is 21.6 Å². The van der Waals surface area contributed by atoms with Crippen LogP contribution in [0.25, 0.3) is 10.8 Å². The van der Waals surface area contributed by atoms with E-state index in [4.69, 9.17) is 21.6 Å². The summed E-state index contributed by atoms with van der Waals surface area (Å²) in [6.07, 6.45) is 3.99. The first-order valence-electron chi connectivity index (χ1n) is 7.42. The molecule has 120 valence electrons. The second kappa shape index (κ2) is 7.11. The molecule has 0 radical (unpaired) electrons. The molecule has 3 rings (SSSR count). The molecule has 3 aromatic rings. The molecular formula is C17H14ClN5O. The van der Waals surface area contributed by atoms with Gasteiger partial charge in [-0.15, -0.1) is 0 Å². The van der Waals surface area contributed by atoms with Crippen molar-refractivity contribution in [2.24, 2.45) is 0 Å². The Balaban J connectivity index is 1.89. The van der Waals surface area contributed by atoms with Crippen molar-refractivity contribution in [3.8, 4) is 11.9 Å². The first kappa shape index (κ1) is 16.0. The summed E-state index contributed by atoms with van der Waals surface area (Å²) in [6, 6.07) is 9.49.